The number of nitrogens with two attached hydrogens (primary N) is 1. The van der Waals surface area contributed by atoms with Gasteiger partial charge in [0.2, 0.25) is 5.91 Å². The van der Waals surface area contributed by atoms with Gasteiger partial charge in [-0.3, -0.25) is 4.79 Å². The Labute approximate surface area is 91.4 Å². The molecule has 1 unspecified atom stereocenters. The molecule has 0 rings (SSSR count). The average Bonchev–Trinajstić information content (AvgIpc) is 2.17. The van der Waals surface area contributed by atoms with Crippen molar-refractivity contribution in [3.63, 3.8) is 0 Å². The van der Waals surface area contributed by atoms with Gasteiger partial charge in [0.1, 0.15) is 0 Å². The van der Waals surface area contributed by atoms with Gasteiger partial charge < -0.3 is 10.6 Å². The van der Waals surface area contributed by atoms with Gasteiger partial charge >= 0.3 is 0 Å². The van der Waals surface area contributed by atoms with Crippen molar-refractivity contribution < 1.29 is 4.79 Å². The number of amides is 1. The summed E-state index contributed by atoms with van der Waals surface area (Å²) in [6.07, 6.45) is 1.52. The lowest BCUT2D eigenvalue weighted by atomic mass is 10.2. The second-order valence-corrected chi connectivity index (χ2v) is 4.77. The van der Waals surface area contributed by atoms with E-state index in [1.807, 2.05) is 23.7 Å². The van der Waals surface area contributed by atoms with E-state index in [0.717, 1.165) is 17.9 Å². The highest BCUT2D eigenvalue weighted by atomic mass is 32.2. The van der Waals surface area contributed by atoms with Crippen molar-refractivity contribution >= 4 is 17.7 Å². The van der Waals surface area contributed by atoms with Crippen LogP contribution in [-0.4, -0.2) is 41.9 Å². The van der Waals surface area contributed by atoms with E-state index in [1.165, 1.54) is 0 Å². The van der Waals surface area contributed by atoms with Gasteiger partial charge in [-0.25, -0.2) is 0 Å². The lowest BCUT2D eigenvalue weighted by Crippen LogP contribution is -2.36. The summed E-state index contributed by atoms with van der Waals surface area (Å²) < 4.78 is 0. The quantitative estimate of drug-likeness (QED) is 0.656. The summed E-state index contributed by atoms with van der Waals surface area (Å²) in [5.41, 5.74) is 5.34. The molecular weight excluding hydrogens is 196 g/mol. The molecule has 0 bridgehead atoms. The minimum atomic E-state index is 0.154. The minimum absolute atomic E-state index is 0.154. The number of nitrogens with zero attached hydrogens (tertiary/aromatic N) is 1. The molecule has 1 amide bonds. The van der Waals surface area contributed by atoms with Gasteiger partial charge in [-0.05, 0) is 24.9 Å². The normalized spacial score (nSPS) is 12.6. The van der Waals surface area contributed by atoms with E-state index in [1.54, 1.807) is 0 Å². The van der Waals surface area contributed by atoms with E-state index in [9.17, 15) is 4.79 Å². The zero-order chi connectivity index (χ0) is 11.0. The number of hydrogen-bond donors (Lipinski definition) is 1. The third-order valence-electron chi connectivity index (χ3n) is 2.30. The predicted molar refractivity (Wildman–Crippen MR) is 63.5 cm³/mol. The Morgan fingerprint density at radius 2 is 2.21 bits per heavy atom. The lowest BCUT2D eigenvalue weighted by Gasteiger charge is -2.24. The topological polar surface area (TPSA) is 46.3 Å². The maximum Gasteiger partial charge on any atom is 0.223 e. The Bertz CT molecular complexity index is 164. The maximum atomic E-state index is 11.5. The molecular formula is C10H22N2OS. The van der Waals surface area contributed by atoms with E-state index < -0.39 is 0 Å². The zero-order valence-electron chi connectivity index (χ0n) is 9.45. The van der Waals surface area contributed by atoms with Gasteiger partial charge in [0, 0.05) is 26.1 Å². The van der Waals surface area contributed by atoms with Crippen LogP contribution in [0.25, 0.3) is 0 Å². The summed E-state index contributed by atoms with van der Waals surface area (Å²) in [5.74, 6) is 2.42. The highest BCUT2D eigenvalue weighted by Crippen LogP contribution is 2.08. The smallest absolute Gasteiger partial charge is 0.223 e. The van der Waals surface area contributed by atoms with E-state index in [4.69, 9.17) is 5.73 Å². The van der Waals surface area contributed by atoms with Crippen LogP contribution in [0.2, 0.25) is 0 Å². The molecule has 0 heterocycles. The molecule has 14 heavy (non-hydrogen) atoms. The van der Waals surface area contributed by atoms with Gasteiger partial charge in [-0.15, -0.1) is 0 Å². The fourth-order valence-corrected chi connectivity index (χ4v) is 1.93. The molecule has 4 heteroatoms. The zero-order valence-corrected chi connectivity index (χ0v) is 10.3. The number of thioether (sulfide) groups is 1. The van der Waals surface area contributed by atoms with Crippen molar-refractivity contribution in [3.05, 3.63) is 0 Å². The number of carbonyl (C=O) groups is 1. The summed E-state index contributed by atoms with van der Waals surface area (Å²) in [7, 11) is 1.86. The molecule has 84 valence electrons. The van der Waals surface area contributed by atoms with Crippen LogP contribution in [0.3, 0.4) is 0 Å². The second kappa shape index (κ2) is 8.12. The first-order valence-electron chi connectivity index (χ1n) is 5.17. The third-order valence-corrected chi connectivity index (χ3v) is 3.23. The highest BCUT2D eigenvalue weighted by molar-refractivity contribution is 7.99. The number of rotatable bonds is 7. The summed E-state index contributed by atoms with van der Waals surface area (Å²) >= 11 is 1.92. The van der Waals surface area contributed by atoms with E-state index in [2.05, 4.69) is 13.8 Å². The van der Waals surface area contributed by atoms with Crippen LogP contribution in [0.15, 0.2) is 0 Å². The van der Waals surface area contributed by atoms with Crippen LogP contribution in [0.4, 0.5) is 0 Å². The standard InChI is InChI=1S/C10H22N2OS/c1-4-14-8-6-9(2)12(3)10(13)5-7-11/h9H,4-8,11H2,1-3H3. The summed E-state index contributed by atoms with van der Waals surface area (Å²) in [6.45, 7) is 4.68. The first-order chi connectivity index (χ1) is 6.63. The fraction of sp³-hybridized carbons (Fsp3) is 0.900. The van der Waals surface area contributed by atoms with Gasteiger partial charge in [0.15, 0.2) is 0 Å². The Morgan fingerprint density at radius 1 is 1.57 bits per heavy atom. The number of hydrogen-bond acceptors (Lipinski definition) is 3. The summed E-state index contributed by atoms with van der Waals surface area (Å²) in [4.78, 5) is 13.3. The molecule has 0 aliphatic heterocycles. The van der Waals surface area contributed by atoms with Crippen molar-refractivity contribution in [2.45, 2.75) is 32.7 Å². The Hall–Kier alpha value is -0.220. The van der Waals surface area contributed by atoms with Gasteiger partial charge in [0.25, 0.3) is 0 Å². The molecule has 0 saturated carbocycles. The maximum absolute atomic E-state index is 11.5. The van der Waals surface area contributed by atoms with E-state index >= 15 is 0 Å². The van der Waals surface area contributed by atoms with Crippen LogP contribution in [0.5, 0.6) is 0 Å². The molecule has 0 aromatic carbocycles. The van der Waals surface area contributed by atoms with Crippen LogP contribution in [0, 0.1) is 0 Å². The Balaban J connectivity index is 3.74. The molecule has 0 saturated heterocycles. The van der Waals surface area contributed by atoms with Crippen LogP contribution in [-0.2, 0) is 4.79 Å². The van der Waals surface area contributed by atoms with Gasteiger partial charge in [-0.2, -0.15) is 11.8 Å². The molecule has 0 radical (unpaired) electrons. The van der Waals surface area contributed by atoms with Gasteiger partial charge in [0.05, 0.1) is 0 Å². The van der Waals surface area contributed by atoms with Crippen LogP contribution >= 0.6 is 11.8 Å². The van der Waals surface area contributed by atoms with Crippen LogP contribution in [0.1, 0.15) is 26.7 Å². The molecule has 0 fully saturated rings. The molecule has 0 spiro atoms. The van der Waals surface area contributed by atoms with E-state index in [0.29, 0.717) is 19.0 Å². The van der Waals surface area contributed by atoms with Crippen LogP contribution < -0.4 is 5.73 Å². The minimum Gasteiger partial charge on any atom is -0.343 e. The molecule has 2 N–H and O–H groups in total. The predicted octanol–water partition coefficient (Wildman–Crippen LogP) is 1.33. The SMILES string of the molecule is CCSCCC(C)N(C)C(=O)CCN. The molecule has 0 aromatic heterocycles. The van der Waals surface area contributed by atoms with Crippen molar-refractivity contribution in [2.24, 2.45) is 5.73 Å². The Morgan fingerprint density at radius 3 is 2.71 bits per heavy atom. The largest absolute Gasteiger partial charge is 0.343 e. The van der Waals surface area contributed by atoms with Gasteiger partial charge in [-0.1, -0.05) is 6.92 Å². The lowest BCUT2D eigenvalue weighted by molar-refractivity contribution is -0.131. The first-order valence-corrected chi connectivity index (χ1v) is 6.32. The number of carbonyl (C=O) groups excluding carboxylic acids is 1. The summed E-state index contributed by atoms with van der Waals surface area (Å²) in [5, 5.41) is 0. The monoisotopic (exact) mass is 218 g/mol. The highest BCUT2D eigenvalue weighted by Gasteiger charge is 2.13. The molecule has 0 aromatic rings. The molecule has 3 nitrogen and oxygen atoms in total. The van der Waals surface area contributed by atoms with Crippen molar-refractivity contribution in [1.29, 1.82) is 0 Å². The van der Waals surface area contributed by atoms with Crippen molar-refractivity contribution in [2.75, 3.05) is 25.1 Å². The average molecular weight is 218 g/mol. The van der Waals surface area contributed by atoms with Crippen molar-refractivity contribution in [1.82, 2.24) is 4.90 Å². The molecule has 0 aliphatic rings. The molecule has 0 aliphatic carbocycles. The molecule has 1 atom stereocenters. The third kappa shape index (κ3) is 5.50. The first kappa shape index (κ1) is 13.8. The van der Waals surface area contributed by atoms with E-state index in [-0.39, 0.29) is 5.91 Å². The summed E-state index contributed by atoms with van der Waals surface area (Å²) in [6, 6.07) is 0.327. The Kier molecular flexibility index (Phi) is 7.99. The second-order valence-electron chi connectivity index (χ2n) is 3.38. The fourth-order valence-electron chi connectivity index (χ4n) is 1.14. The van der Waals surface area contributed by atoms with Crippen molar-refractivity contribution in [3.8, 4) is 0 Å².